The molecule has 0 aromatic carbocycles. The van der Waals surface area contributed by atoms with E-state index in [1.54, 1.807) is 27.7 Å². The average molecular weight is 292 g/mol. The number of ether oxygens (including phenoxy) is 1. The Morgan fingerprint density at radius 3 is 2.15 bits per heavy atom. The third kappa shape index (κ3) is 7.60. The molecule has 0 heterocycles. The van der Waals surface area contributed by atoms with Crippen molar-refractivity contribution in [1.82, 2.24) is 4.90 Å². The molecule has 0 rings (SSSR count). The summed E-state index contributed by atoms with van der Waals surface area (Å²) in [7, 11) is 0. The number of hydrogen-bond acceptors (Lipinski definition) is 3. The predicted octanol–water partition coefficient (Wildman–Crippen LogP) is 3.90. The summed E-state index contributed by atoms with van der Waals surface area (Å²) in [6.45, 7) is 11.4. The first-order chi connectivity index (χ1) is 8.85. The van der Waals surface area contributed by atoms with Crippen LogP contribution in [-0.4, -0.2) is 36.0 Å². The third-order valence-electron chi connectivity index (χ3n) is 1.77. The fourth-order valence-electron chi connectivity index (χ4n) is 1.16. The van der Waals surface area contributed by atoms with Crippen molar-refractivity contribution in [1.29, 1.82) is 0 Å². The molecule has 0 saturated carbocycles. The van der Waals surface area contributed by atoms with Gasteiger partial charge in [-0.05, 0) is 40.5 Å². The molecule has 0 unspecified atom stereocenters. The number of carbonyl (C=O) groups excluding carboxylic acids is 1. The molecule has 114 valence electrons. The number of nitrogens with zero attached hydrogens (tertiary/aromatic N) is 2. The number of hydrogen-bond donors (Lipinski definition) is 0. The van der Waals surface area contributed by atoms with Crippen molar-refractivity contribution in [2.24, 2.45) is 4.99 Å². The summed E-state index contributed by atoms with van der Waals surface area (Å²) >= 11 is 0. The van der Waals surface area contributed by atoms with E-state index in [4.69, 9.17) is 4.74 Å². The molecule has 4 nitrogen and oxygen atoms in total. The van der Waals surface area contributed by atoms with Gasteiger partial charge in [-0.2, -0.15) is 13.2 Å². The number of aliphatic imine (C=N–C) groups is 1. The Kier molecular flexibility index (Phi) is 5.99. The van der Waals surface area contributed by atoms with Crippen LogP contribution in [0.1, 0.15) is 27.7 Å². The minimum Gasteiger partial charge on any atom is -0.443 e. The van der Waals surface area contributed by atoms with Crippen LogP contribution in [0.2, 0.25) is 0 Å². The maximum absolute atomic E-state index is 12.6. The quantitative estimate of drug-likeness (QED) is 0.582. The second kappa shape index (κ2) is 6.58. The highest BCUT2D eigenvalue weighted by atomic mass is 19.4. The van der Waals surface area contributed by atoms with Crippen LogP contribution < -0.4 is 0 Å². The van der Waals surface area contributed by atoms with Gasteiger partial charge in [0.2, 0.25) is 0 Å². The molecule has 0 radical (unpaired) electrons. The Hall–Kier alpha value is -1.79. The van der Waals surface area contributed by atoms with Crippen molar-refractivity contribution < 1.29 is 22.7 Å². The number of halogens is 3. The molecule has 20 heavy (non-hydrogen) atoms. The third-order valence-corrected chi connectivity index (χ3v) is 1.77. The van der Waals surface area contributed by atoms with Crippen LogP contribution in [0.25, 0.3) is 0 Å². The Balaban J connectivity index is 5.42. The SMILES string of the molecule is C=N/C(=C\C(=C)C)N(CC(F)(F)F)C(=O)OC(C)(C)C. The zero-order valence-electron chi connectivity index (χ0n) is 12.0. The van der Waals surface area contributed by atoms with Crippen molar-refractivity contribution in [2.45, 2.75) is 39.5 Å². The maximum Gasteiger partial charge on any atom is 0.416 e. The molecule has 0 spiro atoms. The first-order valence-electron chi connectivity index (χ1n) is 5.77. The molecule has 0 aliphatic rings. The first-order valence-corrected chi connectivity index (χ1v) is 5.77. The second-order valence-corrected chi connectivity index (χ2v) is 5.19. The summed E-state index contributed by atoms with van der Waals surface area (Å²) in [5.74, 6) is -0.260. The van der Waals surface area contributed by atoms with E-state index in [2.05, 4.69) is 18.3 Å². The minimum atomic E-state index is -4.59. The Morgan fingerprint density at radius 2 is 1.85 bits per heavy atom. The molecule has 7 heteroatoms. The van der Waals surface area contributed by atoms with Crippen LogP contribution in [0.5, 0.6) is 0 Å². The lowest BCUT2D eigenvalue weighted by atomic mass is 10.2. The lowest BCUT2D eigenvalue weighted by Gasteiger charge is -2.28. The van der Waals surface area contributed by atoms with Gasteiger partial charge in [0.1, 0.15) is 18.0 Å². The molecular formula is C13H19F3N2O2. The van der Waals surface area contributed by atoms with Gasteiger partial charge in [-0.15, -0.1) is 0 Å². The van der Waals surface area contributed by atoms with Crippen LogP contribution >= 0.6 is 0 Å². The summed E-state index contributed by atoms with van der Waals surface area (Å²) in [5.41, 5.74) is -0.487. The second-order valence-electron chi connectivity index (χ2n) is 5.19. The van der Waals surface area contributed by atoms with Crippen molar-refractivity contribution in [3.63, 3.8) is 0 Å². The van der Waals surface area contributed by atoms with Crippen molar-refractivity contribution in [2.75, 3.05) is 6.54 Å². The van der Waals surface area contributed by atoms with E-state index in [-0.39, 0.29) is 5.82 Å². The van der Waals surface area contributed by atoms with E-state index in [0.29, 0.717) is 10.5 Å². The fourth-order valence-corrected chi connectivity index (χ4v) is 1.16. The highest BCUT2D eigenvalue weighted by Crippen LogP contribution is 2.23. The summed E-state index contributed by atoms with van der Waals surface area (Å²) < 4.78 is 42.7. The molecule has 1 amide bonds. The van der Waals surface area contributed by atoms with E-state index in [0.717, 1.165) is 0 Å². The van der Waals surface area contributed by atoms with Gasteiger partial charge in [0.05, 0.1) is 0 Å². The number of rotatable bonds is 4. The van der Waals surface area contributed by atoms with Crippen molar-refractivity contribution in [3.8, 4) is 0 Å². The number of carbonyl (C=O) groups is 1. The summed E-state index contributed by atoms with van der Waals surface area (Å²) in [5, 5.41) is 0. The monoisotopic (exact) mass is 292 g/mol. The van der Waals surface area contributed by atoms with Gasteiger partial charge < -0.3 is 4.74 Å². The van der Waals surface area contributed by atoms with Gasteiger partial charge in [0.15, 0.2) is 0 Å². The predicted molar refractivity (Wildman–Crippen MR) is 71.4 cm³/mol. The molecule has 0 saturated heterocycles. The Morgan fingerprint density at radius 1 is 1.35 bits per heavy atom. The van der Waals surface area contributed by atoms with Gasteiger partial charge in [-0.1, -0.05) is 12.2 Å². The summed E-state index contributed by atoms with van der Waals surface area (Å²) in [6.07, 6.45) is -4.51. The van der Waals surface area contributed by atoms with Crippen LogP contribution in [0.15, 0.2) is 29.0 Å². The van der Waals surface area contributed by atoms with Gasteiger partial charge in [-0.3, -0.25) is 4.90 Å². The molecule has 0 aromatic heterocycles. The van der Waals surface area contributed by atoms with Crippen molar-refractivity contribution in [3.05, 3.63) is 24.0 Å². The van der Waals surface area contributed by atoms with Gasteiger partial charge in [-0.25, -0.2) is 9.79 Å². The van der Waals surface area contributed by atoms with E-state index < -0.39 is 24.4 Å². The zero-order chi connectivity index (χ0) is 16.1. The van der Waals surface area contributed by atoms with Crippen molar-refractivity contribution >= 4 is 12.8 Å². The van der Waals surface area contributed by atoms with E-state index in [1.807, 2.05) is 0 Å². The highest BCUT2D eigenvalue weighted by Gasteiger charge is 2.36. The molecule has 0 atom stereocenters. The van der Waals surface area contributed by atoms with Crippen LogP contribution in [-0.2, 0) is 4.74 Å². The van der Waals surface area contributed by atoms with Gasteiger partial charge in [0, 0.05) is 0 Å². The standard InChI is InChI=1S/C13H19F3N2O2/c1-9(2)7-10(17-6)18(8-13(14,15)16)11(19)20-12(3,4)5/h7H,1,6,8H2,2-5H3/b10-7+. The van der Waals surface area contributed by atoms with Gasteiger partial charge >= 0.3 is 12.3 Å². The topological polar surface area (TPSA) is 41.9 Å². The number of amides is 1. The minimum absolute atomic E-state index is 0.260. The Bertz CT molecular complexity index is 420. The van der Waals surface area contributed by atoms with Crippen LogP contribution in [0.4, 0.5) is 18.0 Å². The molecule has 0 bridgehead atoms. The van der Waals surface area contributed by atoms with E-state index in [1.165, 1.54) is 6.08 Å². The Labute approximate surface area is 116 Å². The summed E-state index contributed by atoms with van der Waals surface area (Å²) in [4.78, 5) is 15.7. The van der Waals surface area contributed by atoms with Crippen LogP contribution in [0, 0.1) is 0 Å². The van der Waals surface area contributed by atoms with E-state index in [9.17, 15) is 18.0 Å². The summed E-state index contributed by atoms with van der Waals surface area (Å²) in [6, 6.07) is 0. The molecular weight excluding hydrogens is 273 g/mol. The smallest absolute Gasteiger partial charge is 0.416 e. The normalized spacial score (nSPS) is 12.8. The lowest BCUT2D eigenvalue weighted by Crippen LogP contribution is -2.41. The highest BCUT2D eigenvalue weighted by molar-refractivity contribution is 5.71. The van der Waals surface area contributed by atoms with E-state index >= 15 is 0 Å². The maximum atomic E-state index is 12.6. The zero-order valence-corrected chi connectivity index (χ0v) is 12.0. The molecule has 0 aliphatic carbocycles. The largest absolute Gasteiger partial charge is 0.443 e. The number of allylic oxidation sites excluding steroid dienone is 2. The molecule has 0 fully saturated rings. The van der Waals surface area contributed by atoms with Gasteiger partial charge in [0.25, 0.3) is 0 Å². The lowest BCUT2D eigenvalue weighted by molar-refractivity contribution is -0.140. The molecule has 0 aliphatic heterocycles. The van der Waals surface area contributed by atoms with Crippen LogP contribution in [0.3, 0.4) is 0 Å². The fraction of sp³-hybridized carbons (Fsp3) is 0.538. The molecule has 0 aromatic rings. The molecule has 0 N–H and O–H groups in total. The average Bonchev–Trinajstić information content (AvgIpc) is 2.18. The number of alkyl halides is 3. The first kappa shape index (κ1) is 18.2.